The molecule has 1 saturated carbocycles. The molecule has 2 aliphatic rings. The molecule has 0 radical (unpaired) electrons. The molecule has 19 heavy (non-hydrogen) atoms. The summed E-state index contributed by atoms with van der Waals surface area (Å²) < 4.78 is 0. The monoisotopic (exact) mass is 311 g/mol. The number of nitrogens with zero attached hydrogens (tertiary/aromatic N) is 2. The van der Waals surface area contributed by atoms with E-state index in [1.165, 1.54) is 25.7 Å². The largest absolute Gasteiger partial charge is 0.340 e. The summed E-state index contributed by atoms with van der Waals surface area (Å²) >= 11 is 0. The van der Waals surface area contributed by atoms with Crippen LogP contribution in [0.5, 0.6) is 0 Å². The molecule has 1 atom stereocenters. The molecule has 1 heterocycles. The number of amides is 1. The SMILES string of the molecule is CC(N)CC(=O)N1CCN(C2CCCC2)CC1.Cl.Cl. The summed E-state index contributed by atoms with van der Waals surface area (Å²) in [5.74, 6) is 0.228. The van der Waals surface area contributed by atoms with Crippen LogP contribution in [-0.4, -0.2) is 54.0 Å². The van der Waals surface area contributed by atoms with Crippen molar-refractivity contribution in [3.8, 4) is 0 Å². The van der Waals surface area contributed by atoms with Crippen molar-refractivity contribution in [2.45, 2.75) is 51.1 Å². The fourth-order valence-corrected chi connectivity index (χ4v) is 3.01. The van der Waals surface area contributed by atoms with Gasteiger partial charge in [0.1, 0.15) is 0 Å². The summed E-state index contributed by atoms with van der Waals surface area (Å²) in [5.41, 5.74) is 5.67. The Morgan fingerprint density at radius 1 is 1.16 bits per heavy atom. The molecule has 0 bridgehead atoms. The molecule has 0 aromatic carbocycles. The molecular formula is C13H27Cl2N3O. The Morgan fingerprint density at radius 3 is 2.16 bits per heavy atom. The molecule has 1 unspecified atom stereocenters. The van der Waals surface area contributed by atoms with Gasteiger partial charge in [-0.05, 0) is 19.8 Å². The maximum absolute atomic E-state index is 11.9. The molecule has 2 fully saturated rings. The summed E-state index contributed by atoms with van der Waals surface area (Å²) in [6.45, 7) is 5.78. The minimum absolute atomic E-state index is 0. The van der Waals surface area contributed by atoms with Gasteiger partial charge in [-0.1, -0.05) is 12.8 Å². The van der Waals surface area contributed by atoms with Gasteiger partial charge in [0, 0.05) is 44.7 Å². The second-order valence-corrected chi connectivity index (χ2v) is 5.54. The van der Waals surface area contributed by atoms with Gasteiger partial charge in [0.05, 0.1) is 0 Å². The summed E-state index contributed by atoms with van der Waals surface area (Å²) in [4.78, 5) is 16.4. The number of piperazine rings is 1. The fraction of sp³-hybridized carbons (Fsp3) is 0.923. The third-order valence-electron chi connectivity index (χ3n) is 4.00. The summed E-state index contributed by atoms with van der Waals surface area (Å²) in [6, 6.07) is 0.774. The van der Waals surface area contributed by atoms with E-state index in [2.05, 4.69) is 4.90 Å². The van der Waals surface area contributed by atoms with E-state index >= 15 is 0 Å². The molecule has 0 aromatic heterocycles. The lowest BCUT2D eigenvalue weighted by molar-refractivity contribution is -0.133. The Balaban J connectivity index is 0.00000162. The zero-order chi connectivity index (χ0) is 12.3. The molecule has 1 saturated heterocycles. The van der Waals surface area contributed by atoms with Crippen LogP contribution < -0.4 is 5.73 Å². The molecule has 1 amide bonds. The Hall–Kier alpha value is -0.0300. The average molecular weight is 312 g/mol. The van der Waals surface area contributed by atoms with Crippen molar-refractivity contribution in [2.75, 3.05) is 26.2 Å². The smallest absolute Gasteiger partial charge is 0.224 e. The predicted molar refractivity (Wildman–Crippen MR) is 83.2 cm³/mol. The number of nitrogens with two attached hydrogens (primary N) is 1. The first-order chi connectivity index (χ1) is 8.16. The Kier molecular flexibility index (Phi) is 8.99. The highest BCUT2D eigenvalue weighted by atomic mass is 35.5. The van der Waals surface area contributed by atoms with Crippen LogP contribution in [0.2, 0.25) is 0 Å². The molecular weight excluding hydrogens is 285 g/mol. The van der Waals surface area contributed by atoms with Crippen LogP contribution >= 0.6 is 24.8 Å². The van der Waals surface area contributed by atoms with E-state index in [-0.39, 0.29) is 36.8 Å². The Morgan fingerprint density at radius 2 is 1.68 bits per heavy atom. The second-order valence-electron chi connectivity index (χ2n) is 5.54. The zero-order valence-electron chi connectivity index (χ0n) is 11.7. The van der Waals surface area contributed by atoms with Gasteiger partial charge in [0.15, 0.2) is 0 Å². The lowest BCUT2D eigenvalue weighted by atomic mass is 10.1. The molecule has 2 N–H and O–H groups in total. The van der Waals surface area contributed by atoms with Crippen LogP contribution in [0.15, 0.2) is 0 Å². The minimum Gasteiger partial charge on any atom is -0.340 e. The molecule has 0 aromatic rings. The van der Waals surface area contributed by atoms with Crippen LogP contribution in [0.3, 0.4) is 0 Å². The molecule has 2 rings (SSSR count). The highest BCUT2D eigenvalue weighted by Crippen LogP contribution is 2.24. The number of halogens is 2. The highest BCUT2D eigenvalue weighted by molar-refractivity contribution is 5.85. The Labute approximate surface area is 128 Å². The lowest BCUT2D eigenvalue weighted by Crippen LogP contribution is -2.52. The maximum atomic E-state index is 11.9. The van der Waals surface area contributed by atoms with E-state index in [1.54, 1.807) is 0 Å². The summed E-state index contributed by atoms with van der Waals surface area (Å²) in [5, 5.41) is 0. The quantitative estimate of drug-likeness (QED) is 0.862. The van der Waals surface area contributed by atoms with Crippen LogP contribution in [0, 0.1) is 0 Å². The second kappa shape index (κ2) is 9.01. The first kappa shape index (κ1) is 19.0. The van der Waals surface area contributed by atoms with Crippen molar-refractivity contribution in [3.63, 3.8) is 0 Å². The van der Waals surface area contributed by atoms with Crippen molar-refractivity contribution in [1.82, 2.24) is 9.80 Å². The number of hydrogen-bond donors (Lipinski definition) is 1. The van der Waals surface area contributed by atoms with E-state index in [1.807, 2.05) is 11.8 Å². The van der Waals surface area contributed by atoms with Gasteiger partial charge in [-0.25, -0.2) is 0 Å². The Bertz CT molecular complexity index is 263. The van der Waals surface area contributed by atoms with Crippen LogP contribution in [0.4, 0.5) is 0 Å². The van der Waals surface area contributed by atoms with Crippen molar-refractivity contribution < 1.29 is 4.79 Å². The van der Waals surface area contributed by atoms with Gasteiger partial charge >= 0.3 is 0 Å². The standard InChI is InChI=1S/C13H25N3O.2ClH/c1-11(14)10-13(17)16-8-6-15(7-9-16)12-4-2-3-5-12;;/h11-12H,2-10,14H2,1H3;2*1H. The third kappa shape index (κ3) is 5.46. The number of hydrogen-bond acceptors (Lipinski definition) is 3. The van der Waals surface area contributed by atoms with Crippen molar-refractivity contribution in [2.24, 2.45) is 5.73 Å². The van der Waals surface area contributed by atoms with E-state index < -0.39 is 0 Å². The molecule has 114 valence electrons. The third-order valence-corrected chi connectivity index (χ3v) is 4.00. The normalized spacial score (nSPS) is 22.5. The number of carbonyl (C=O) groups excluding carboxylic acids is 1. The van der Waals surface area contributed by atoms with E-state index in [9.17, 15) is 4.79 Å². The van der Waals surface area contributed by atoms with Gasteiger partial charge in [-0.2, -0.15) is 0 Å². The lowest BCUT2D eigenvalue weighted by Gasteiger charge is -2.38. The highest BCUT2D eigenvalue weighted by Gasteiger charge is 2.27. The summed E-state index contributed by atoms with van der Waals surface area (Å²) in [7, 11) is 0. The zero-order valence-corrected chi connectivity index (χ0v) is 13.3. The van der Waals surface area contributed by atoms with Crippen molar-refractivity contribution in [3.05, 3.63) is 0 Å². The van der Waals surface area contributed by atoms with Crippen LogP contribution in [0.1, 0.15) is 39.0 Å². The van der Waals surface area contributed by atoms with Gasteiger partial charge in [-0.15, -0.1) is 24.8 Å². The van der Waals surface area contributed by atoms with Gasteiger partial charge in [0.25, 0.3) is 0 Å². The number of rotatable bonds is 3. The molecule has 4 nitrogen and oxygen atoms in total. The molecule has 1 aliphatic carbocycles. The number of carbonyl (C=O) groups is 1. The minimum atomic E-state index is -0.0182. The fourth-order valence-electron chi connectivity index (χ4n) is 3.01. The van der Waals surface area contributed by atoms with E-state index in [4.69, 9.17) is 5.73 Å². The predicted octanol–water partition coefficient (Wildman–Crippen LogP) is 1.65. The van der Waals surface area contributed by atoms with E-state index in [0.717, 1.165) is 32.2 Å². The van der Waals surface area contributed by atoms with Crippen molar-refractivity contribution >= 4 is 30.7 Å². The topological polar surface area (TPSA) is 49.6 Å². The maximum Gasteiger partial charge on any atom is 0.224 e. The van der Waals surface area contributed by atoms with Gasteiger partial charge in [0.2, 0.25) is 5.91 Å². The van der Waals surface area contributed by atoms with Gasteiger partial charge < -0.3 is 10.6 Å². The average Bonchev–Trinajstić information content (AvgIpc) is 2.82. The molecule has 0 spiro atoms. The van der Waals surface area contributed by atoms with Crippen LogP contribution in [0.25, 0.3) is 0 Å². The molecule has 6 heteroatoms. The van der Waals surface area contributed by atoms with Gasteiger partial charge in [-0.3, -0.25) is 9.69 Å². The van der Waals surface area contributed by atoms with Crippen molar-refractivity contribution in [1.29, 1.82) is 0 Å². The first-order valence-electron chi connectivity index (χ1n) is 6.94. The van der Waals surface area contributed by atoms with E-state index in [0.29, 0.717) is 6.42 Å². The molecule has 1 aliphatic heterocycles. The summed E-state index contributed by atoms with van der Waals surface area (Å²) in [6.07, 6.45) is 5.97. The first-order valence-corrected chi connectivity index (χ1v) is 6.94. The van der Waals surface area contributed by atoms with Crippen LogP contribution in [-0.2, 0) is 4.79 Å².